The van der Waals surface area contributed by atoms with E-state index in [4.69, 9.17) is 16.3 Å². The highest BCUT2D eigenvalue weighted by Gasteiger charge is 2.20. The second kappa shape index (κ2) is 7.96. The summed E-state index contributed by atoms with van der Waals surface area (Å²) in [5.41, 5.74) is 1.11. The molecule has 2 aromatic rings. The van der Waals surface area contributed by atoms with Gasteiger partial charge >= 0.3 is 0 Å². The number of hydrogen-bond acceptors (Lipinski definition) is 5. The minimum absolute atomic E-state index is 0.0478. The normalized spacial score (nSPS) is 14.2. The predicted molar refractivity (Wildman–Crippen MR) is 97.0 cm³/mol. The maximum atomic E-state index is 12.0. The Hall–Kier alpha value is -1.63. The van der Waals surface area contributed by atoms with Crippen LogP contribution in [0.4, 0.5) is 5.13 Å². The van der Waals surface area contributed by atoms with Crippen LogP contribution in [0.15, 0.2) is 24.3 Å². The number of halogens is 1. The van der Waals surface area contributed by atoms with E-state index in [2.05, 4.69) is 22.1 Å². The molecule has 0 spiro atoms. The lowest BCUT2D eigenvalue weighted by molar-refractivity contribution is -0.118. The summed E-state index contributed by atoms with van der Waals surface area (Å²) >= 11 is 7.38. The fourth-order valence-corrected chi connectivity index (χ4v) is 3.84. The van der Waals surface area contributed by atoms with Crippen molar-refractivity contribution in [1.82, 2.24) is 9.88 Å². The molecule has 128 valence electrons. The number of rotatable bonds is 6. The second-order valence-corrected chi connectivity index (χ2v) is 7.23. The van der Waals surface area contributed by atoms with Gasteiger partial charge in [-0.05, 0) is 37.2 Å². The number of benzene rings is 1. The van der Waals surface area contributed by atoms with Gasteiger partial charge in [-0.3, -0.25) is 15.0 Å². The van der Waals surface area contributed by atoms with E-state index >= 15 is 0 Å². The Morgan fingerprint density at radius 2 is 2.21 bits per heavy atom. The van der Waals surface area contributed by atoms with Crippen molar-refractivity contribution in [1.29, 1.82) is 0 Å². The van der Waals surface area contributed by atoms with Crippen LogP contribution in [0, 0.1) is 0 Å². The Balaban J connectivity index is 1.53. The third kappa shape index (κ3) is 4.47. The molecule has 2 heterocycles. The third-order valence-electron chi connectivity index (χ3n) is 3.78. The number of anilines is 1. The smallest absolute Gasteiger partial charge is 0.264 e. The second-order valence-electron chi connectivity index (χ2n) is 5.71. The summed E-state index contributed by atoms with van der Waals surface area (Å²) in [6.45, 7) is 5.21. The van der Waals surface area contributed by atoms with Gasteiger partial charge < -0.3 is 4.74 Å². The zero-order chi connectivity index (χ0) is 16.9. The zero-order valence-electron chi connectivity index (χ0n) is 13.5. The molecule has 0 radical (unpaired) electrons. The van der Waals surface area contributed by atoms with Crippen LogP contribution in [-0.2, 0) is 17.8 Å². The molecule has 0 saturated carbocycles. The van der Waals surface area contributed by atoms with Crippen molar-refractivity contribution in [3.63, 3.8) is 0 Å². The number of ether oxygens (including phenoxy) is 1. The monoisotopic (exact) mass is 365 g/mol. The molecule has 1 amide bonds. The van der Waals surface area contributed by atoms with E-state index in [9.17, 15) is 4.79 Å². The summed E-state index contributed by atoms with van der Waals surface area (Å²) in [6.07, 6.45) is 2.10. The first-order valence-electron chi connectivity index (χ1n) is 8.03. The van der Waals surface area contributed by atoms with Crippen LogP contribution in [-0.4, -0.2) is 35.5 Å². The highest BCUT2D eigenvalue weighted by Crippen LogP contribution is 2.28. The van der Waals surface area contributed by atoms with Crippen LogP contribution < -0.4 is 10.1 Å². The molecule has 0 fully saturated rings. The Morgan fingerprint density at radius 1 is 1.42 bits per heavy atom. The predicted octanol–water partition coefficient (Wildman–Crippen LogP) is 3.58. The molecule has 0 unspecified atom stereocenters. The fourth-order valence-electron chi connectivity index (χ4n) is 2.64. The maximum Gasteiger partial charge on any atom is 0.264 e. The highest BCUT2D eigenvalue weighted by atomic mass is 35.5. The average molecular weight is 366 g/mol. The molecule has 1 aromatic carbocycles. The van der Waals surface area contributed by atoms with E-state index in [-0.39, 0.29) is 12.5 Å². The van der Waals surface area contributed by atoms with E-state index in [0.29, 0.717) is 15.9 Å². The summed E-state index contributed by atoms with van der Waals surface area (Å²) < 4.78 is 5.44. The molecule has 0 saturated heterocycles. The Kier molecular flexibility index (Phi) is 5.71. The molecule has 1 aliphatic rings. The molecule has 0 aliphatic carbocycles. The molecule has 7 heteroatoms. The SMILES string of the molecule is CCCN1CCc2nc(NC(=O)COc3ccc(Cl)cc3)sc2C1. The summed E-state index contributed by atoms with van der Waals surface area (Å²) in [7, 11) is 0. The van der Waals surface area contributed by atoms with Crippen molar-refractivity contribution in [2.45, 2.75) is 26.3 Å². The number of carbonyl (C=O) groups excluding carboxylic acids is 1. The Morgan fingerprint density at radius 3 is 2.96 bits per heavy atom. The number of nitrogens with zero attached hydrogens (tertiary/aromatic N) is 2. The fraction of sp³-hybridized carbons (Fsp3) is 0.412. The Labute approximate surface area is 150 Å². The lowest BCUT2D eigenvalue weighted by Crippen LogP contribution is -2.30. The molecule has 1 N–H and O–H groups in total. The minimum Gasteiger partial charge on any atom is -0.484 e. The number of aromatic nitrogens is 1. The van der Waals surface area contributed by atoms with Crippen molar-refractivity contribution < 1.29 is 9.53 Å². The summed E-state index contributed by atoms with van der Waals surface area (Å²) in [6, 6.07) is 6.93. The molecule has 3 rings (SSSR count). The summed E-state index contributed by atoms with van der Waals surface area (Å²) in [5.74, 6) is 0.407. The largest absolute Gasteiger partial charge is 0.484 e. The maximum absolute atomic E-state index is 12.0. The van der Waals surface area contributed by atoms with Crippen molar-refractivity contribution in [2.75, 3.05) is 25.0 Å². The van der Waals surface area contributed by atoms with Crippen LogP contribution >= 0.6 is 22.9 Å². The molecule has 0 bridgehead atoms. The van der Waals surface area contributed by atoms with Crippen LogP contribution in [0.5, 0.6) is 5.75 Å². The van der Waals surface area contributed by atoms with Gasteiger partial charge in [0.1, 0.15) is 5.75 Å². The molecule has 5 nitrogen and oxygen atoms in total. The standard InChI is InChI=1S/C17H20ClN3O2S/c1-2-8-21-9-7-14-15(10-21)24-17(19-14)20-16(22)11-23-13-5-3-12(18)4-6-13/h3-6H,2,7-11H2,1H3,(H,19,20,22). The molecule has 1 aliphatic heterocycles. The summed E-state index contributed by atoms with van der Waals surface area (Å²) in [4.78, 5) is 20.2. The number of nitrogens with one attached hydrogen (secondary N) is 1. The topological polar surface area (TPSA) is 54.5 Å². The third-order valence-corrected chi connectivity index (χ3v) is 5.03. The van der Waals surface area contributed by atoms with Gasteiger partial charge in [0, 0.05) is 29.4 Å². The zero-order valence-corrected chi connectivity index (χ0v) is 15.1. The van der Waals surface area contributed by atoms with E-state index < -0.39 is 0 Å². The number of hydrogen-bond donors (Lipinski definition) is 1. The van der Waals surface area contributed by atoms with E-state index in [1.165, 1.54) is 4.88 Å². The van der Waals surface area contributed by atoms with Gasteiger partial charge in [0.15, 0.2) is 11.7 Å². The van der Waals surface area contributed by atoms with E-state index in [1.807, 2.05) is 0 Å². The van der Waals surface area contributed by atoms with Crippen molar-refractivity contribution >= 4 is 34.0 Å². The average Bonchev–Trinajstić information content (AvgIpc) is 2.96. The van der Waals surface area contributed by atoms with Gasteiger partial charge in [0.25, 0.3) is 5.91 Å². The number of thiazole rings is 1. The first kappa shape index (κ1) is 17.2. The first-order chi connectivity index (χ1) is 11.6. The van der Waals surface area contributed by atoms with Gasteiger partial charge in [-0.15, -0.1) is 11.3 Å². The minimum atomic E-state index is -0.207. The quantitative estimate of drug-likeness (QED) is 0.850. The Bertz CT molecular complexity index is 702. The highest BCUT2D eigenvalue weighted by molar-refractivity contribution is 7.15. The van der Waals surface area contributed by atoms with Gasteiger partial charge in [0.05, 0.1) is 5.69 Å². The van der Waals surface area contributed by atoms with Gasteiger partial charge in [-0.2, -0.15) is 0 Å². The van der Waals surface area contributed by atoms with E-state index in [0.717, 1.165) is 38.2 Å². The number of amides is 1. The molecular formula is C17H20ClN3O2S. The van der Waals surface area contributed by atoms with Crippen molar-refractivity contribution in [3.8, 4) is 5.75 Å². The lowest BCUT2D eigenvalue weighted by atomic mass is 10.2. The van der Waals surface area contributed by atoms with Gasteiger partial charge in [-0.25, -0.2) is 4.98 Å². The van der Waals surface area contributed by atoms with Crippen LogP contribution in [0.2, 0.25) is 5.02 Å². The first-order valence-corrected chi connectivity index (χ1v) is 9.22. The molecule has 1 aromatic heterocycles. The molecule has 24 heavy (non-hydrogen) atoms. The summed E-state index contributed by atoms with van der Waals surface area (Å²) in [5, 5.41) is 4.12. The lowest BCUT2D eigenvalue weighted by Gasteiger charge is -2.24. The van der Waals surface area contributed by atoms with Crippen molar-refractivity contribution in [3.05, 3.63) is 39.9 Å². The van der Waals surface area contributed by atoms with E-state index in [1.54, 1.807) is 35.6 Å². The van der Waals surface area contributed by atoms with Gasteiger partial charge in [0.2, 0.25) is 0 Å². The molecule has 0 atom stereocenters. The molecular weight excluding hydrogens is 346 g/mol. The number of carbonyl (C=O) groups is 1. The number of fused-ring (bicyclic) bond motifs is 1. The van der Waals surface area contributed by atoms with Crippen molar-refractivity contribution in [2.24, 2.45) is 0 Å². The van der Waals surface area contributed by atoms with Crippen LogP contribution in [0.3, 0.4) is 0 Å². The van der Waals surface area contributed by atoms with Gasteiger partial charge in [-0.1, -0.05) is 18.5 Å². The van der Waals surface area contributed by atoms with Crippen LogP contribution in [0.1, 0.15) is 23.9 Å². The van der Waals surface area contributed by atoms with Crippen LogP contribution in [0.25, 0.3) is 0 Å².